The van der Waals surface area contributed by atoms with Gasteiger partial charge in [-0.2, -0.15) is 4.98 Å². The highest BCUT2D eigenvalue weighted by atomic mass is 35.5. The number of aliphatic carboxylic acids is 1. The van der Waals surface area contributed by atoms with Crippen LogP contribution in [0.1, 0.15) is 17.5 Å². The van der Waals surface area contributed by atoms with Gasteiger partial charge < -0.3 is 14.9 Å². The molecule has 0 spiro atoms. The predicted octanol–water partition coefficient (Wildman–Crippen LogP) is 5.43. The Kier molecular flexibility index (Phi) is 7.57. The van der Waals surface area contributed by atoms with Crippen molar-refractivity contribution in [3.63, 3.8) is 0 Å². The molecule has 0 aliphatic rings. The van der Waals surface area contributed by atoms with Crippen LogP contribution >= 0.6 is 23.7 Å². The highest BCUT2D eigenvalue weighted by molar-refractivity contribution is 7.13. The van der Waals surface area contributed by atoms with Gasteiger partial charge in [0.15, 0.2) is 0 Å². The molecule has 8 heteroatoms. The number of aromatic nitrogens is 2. The first kappa shape index (κ1) is 22.7. The van der Waals surface area contributed by atoms with Crippen LogP contribution in [0.5, 0.6) is 0 Å². The van der Waals surface area contributed by atoms with Crippen LogP contribution in [0.2, 0.25) is 0 Å². The zero-order chi connectivity index (χ0) is 20.9. The molecular weight excluding hydrogens is 434 g/mol. The lowest BCUT2D eigenvalue weighted by molar-refractivity contribution is -0.136. The summed E-state index contributed by atoms with van der Waals surface area (Å²) in [6.07, 6.45) is 0.109. The van der Waals surface area contributed by atoms with Crippen LogP contribution in [0.4, 0.5) is 0 Å². The second kappa shape index (κ2) is 10.3. The van der Waals surface area contributed by atoms with Crippen LogP contribution in [0, 0.1) is 6.92 Å². The first-order chi connectivity index (χ1) is 14.6. The van der Waals surface area contributed by atoms with E-state index in [-0.39, 0.29) is 18.8 Å². The molecule has 0 aliphatic carbocycles. The summed E-state index contributed by atoms with van der Waals surface area (Å²) in [6.45, 7) is 3.13. The van der Waals surface area contributed by atoms with E-state index in [2.05, 4.69) is 52.0 Å². The number of hydrogen-bond donors (Lipinski definition) is 2. The molecule has 0 unspecified atom stereocenters. The largest absolute Gasteiger partial charge is 0.481 e. The predicted molar refractivity (Wildman–Crippen MR) is 124 cm³/mol. The van der Waals surface area contributed by atoms with Gasteiger partial charge in [-0.1, -0.05) is 41.6 Å². The van der Waals surface area contributed by atoms with E-state index in [1.807, 2.05) is 30.3 Å². The third-order valence-corrected chi connectivity index (χ3v) is 5.65. The monoisotopic (exact) mass is 455 g/mol. The highest BCUT2D eigenvalue weighted by Gasteiger charge is 2.12. The number of carboxylic acids is 1. The van der Waals surface area contributed by atoms with Gasteiger partial charge in [-0.3, -0.25) is 4.79 Å². The summed E-state index contributed by atoms with van der Waals surface area (Å²) in [5.74, 6) is 0.225. The fourth-order valence-electron chi connectivity index (χ4n) is 3.16. The number of carbonyl (C=O) groups is 1. The van der Waals surface area contributed by atoms with Gasteiger partial charge in [-0.25, -0.2) is 0 Å². The molecule has 31 heavy (non-hydrogen) atoms. The molecule has 160 valence electrons. The lowest BCUT2D eigenvalue weighted by Gasteiger charge is -2.04. The van der Waals surface area contributed by atoms with Crippen molar-refractivity contribution in [3.8, 4) is 33.3 Å². The second-order valence-corrected chi connectivity index (χ2v) is 7.90. The fraction of sp³-hybridized carbons (Fsp3) is 0.174. The van der Waals surface area contributed by atoms with Crippen molar-refractivity contribution in [2.24, 2.45) is 0 Å². The Balaban J connectivity index is 0.00000272. The lowest BCUT2D eigenvalue weighted by atomic mass is 10.0. The molecule has 0 fully saturated rings. The average Bonchev–Trinajstić information content (AvgIpc) is 3.44. The molecule has 2 N–H and O–H groups in total. The van der Waals surface area contributed by atoms with Crippen LogP contribution < -0.4 is 5.32 Å². The Hall–Kier alpha value is -3.00. The normalized spacial score (nSPS) is 10.6. The minimum absolute atomic E-state index is 0. The Morgan fingerprint density at radius 3 is 2.58 bits per heavy atom. The summed E-state index contributed by atoms with van der Waals surface area (Å²) >= 11 is 1.72. The summed E-state index contributed by atoms with van der Waals surface area (Å²) in [4.78, 5) is 16.3. The van der Waals surface area contributed by atoms with Crippen LogP contribution in [-0.4, -0.2) is 27.8 Å². The Labute approximate surface area is 190 Å². The molecule has 0 saturated heterocycles. The van der Waals surface area contributed by atoms with E-state index in [1.165, 1.54) is 10.4 Å². The molecule has 2 heterocycles. The molecule has 0 bridgehead atoms. The maximum Gasteiger partial charge on any atom is 0.304 e. The second-order valence-electron chi connectivity index (χ2n) is 6.95. The smallest absolute Gasteiger partial charge is 0.304 e. The van der Waals surface area contributed by atoms with Gasteiger partial charge in [0.25, 0.3) is 5.89 Å². The van der Waals surface area contributed by atoms with Crippen molar-refractivity contribution in [1.82, 2.24) is 15.5 Å². The van der Waals surface area contributed by atoms with Crippen LogP contribution in [0.3, 0.4) is 0 Å². The van der Waals surface area contributed by atoms with Crippen LogP contribution in [0.15, 0.2) is 64.5 Å². The van der Waals surface area contributed by atoms with Gasteiger partial charge in [0, 0.05) is 29.1 Å². The topological polar surface area (TPSA) is 88.2 Å². The van der Waals surface area contributed by atoms with E-state index in [0.717, 1.165) is 22.3 Å². The van der Waals surface area contributed by atoms with Crippen molar-refractivity contribution in [3.05, 3.63) is 71.1 Å². The van der Waals surface area contributed by atoms with Crippen LogP contribution in [0.25, 0.3) is 33.3 Å². The highest BCUT2D eigenvalue weighted by Crippen LogP contribution is 2.31. The summed E-state index contributed by atoms with van der Waals surface area (Å²) in [6, 6.07) is 18.1. The molecule has 4 rings (SSSR count). The van der Waals surface area contributed by atoms with Crippen molar-refractivity contribution in [2.45, 2.75) is 19.9 Å². The number of nitrogens with one attached hydrogen (secondary N) is 1. The van der Waals surface area contributed by atoms with Gasteiger partial charge in [-0.05, 0) is 47.2 Å². The standard InChI is InChI=1S/C23H21N3O3S.ClH/c1-15-13-18(8-9-19(15)20-3-2-12-30-20)23-25-22(26-29-23)17-6-4-16(5-7-17)14-24-11-10-21(27)28;/h2-9,12-13,24H,10-11,14H2,1H3,(H,27,28);1H. The van der Waals surface area contributed by atoms with Gasteiger partial charge in [0.05, 0.1) is 6.42 Å². The maximum absolute atomic E-state index is 10.5. The molecule has 0 radical (unpaired) electrons. The Morgan fingerprint density at radius 1 is 1.13 bits per heavy atom. The van der Waals surface area contributed by atoms with Crippen molar-refractivity contribution in [1.29, 1.82) is 0 Å². The minimum Gasteiger partial charge on any atom is -0.481 e. The van der Waals surface area contributed by atoms with Gasteiger partial charge in [0.2, 0.25) is 5.82 Å². The van der Waals surface area contributed by atoms with Crippen LogP contribution in [-0.2, 0) is 11.3 Å². The van der Waals surface area contributed by atoms with Gasteiger partial charge in [-0.15, -0.1) is 23.7 Å². The van der Waals surface area contributed by atoms with E-state index in [4.69, 9.17) is 9.63 Å². The minimum atomic E-state index is -0.804. The first-order valence-corrected chi connectivity index (χ1v) is 10.5. The van der Waals surface area contributed by atoms with E-state index in [0.29, 0.717) is 24.8 Å². The number of benzene rings is 2. The molecule has 0 atom stereocenters. The molecule has 2 aromatic heterocycles. The quantitative estimate of drug-likeness (QED) is 0.344. The van der Waals surface area contributed by atoms with E-state index in [1.54, 1.807) is 11.3 Å². The number of hydrogen-bond acceptors (Lipinski definition) is 6. The van der Waals surface area contributed by atoms with Crippen molar-refractivity contribution >= 4 is 29.7 Å². The summed E-state index contributed by atoms with van der Waals surface area (Å²) in [5.41, 5.74) is 5.19. The number of thiophene rings is 1. The Bertz CT molecular complexity index is 1140. The van der Waals surface area contributed by atoms with Crippen molar-refractivity contribution in [2.75, 3.05) is 6.54 Å². The third-order valence-electron chi connectivity index (χ3n) is 4.74. The van der Waals surface area contributed by atoms with Gasteiger partial charge in [0.1, 0.15) is 0 Å². The average molecular weight is 456 g/mol. The molecule has 0 aliphatic heterocycles. The maximum atomic E-state index is 10.5. The zero-order valence-electron chi connectivity index (χ0n) is 16.9. The fourth-order valence-corrected chi connectivity index (χ4v) is 3.98. The number of aryl methyl sites for hydroxylation is 1. The molecule has 2 aromatic carbocycles. The molecular formula is C23H22ClN3O3S. The number of rotatable bonds is 8. The molecule has 0 saturated carbocycles. The first-order valence-electron chi connectivity index (χ1n) is 9.60. The molecule has 4 aromatic rings. The number of nitrogens with zero attached hydrogens (tertiary/aromatic N) is 2. The lowest BCUT2D eigenvalue weighted by Crippen LogP contribution is -2.17. The number of halogens is 1. The van der Waals surface area contributed by atoms with E-state index >= 15 is 0 Å². The van der Waals surface area contributed by atoms with E-state index in [9.17, 15) is 4.79 Å². The third kappa shape index (κ3) is 5.58. The molecule has 6 nitrogen and oxygen atoms in total. The SMILES string of the molecule is Cc1cc(-c2nc(-c3ccc(CNCCC(=O)O)cc3)no2)ccc1-c1cccs1.Cl. The molecule has 0 amide bonds. The van der Waals surface area contributed by atoms with Crippen molar-refractivity contribution < 1.29 is 14.4 Å². The van der Waals surface area contributed by atoms with Gasteiger partial charge >= 0.3 is 5.97 Å². The number of carboxylic acid groups (broad SMARTS) is 1. The Morgan fingerprint density at radius 2 is 1.90 bits per heavy atom. The van der Waals surface area contributed by atoms with E-state index < -0.39 is 5.97 Å². The zero-order valence-corrected chi connectivity index (χ0v) is 18.5. The summed E-state index contributed by atoms with van der Waals surface area (Å²) in [7, 11) is 0. The summed E-state index contributed by atoms with van der Waals surface area (Å²) < 4.78 is 5.50. The summed E-state index contributed by atoms with van der Waals surface area (Å²) in [5, 5.41) is 18.0.